The van der Waals surface area contributed by atoms with Gasteiger partial charge < -0.3 is 9.64 Å². The summed E-state index contributed by atoms with van der Waals surface area (Å²) < 4.78 is 29.2. The number of sulfonamides is 1. The third kappa shape index (κ3) is 5.53. The first-order valence-electron chi connectivity index (χ1n) is 12.5. The van der Waals surface area contributed by atoms with Crippen LogP contribution >= 0.6 is 0 Å². The fourth-order valence-electron chi connectivity index (χ4n) is 5.31. The molecule has 3 N–H and O–H groups in total. The number of piperidine rings is 2. The number of amides is 3. The summed E-state index contributed by atoms with van der Waals surface area (Å²) in [6, 6.07) is 11.6. The van der Waals surface area contributed by atoms with E-state index in [1.54, 1.807) is 24.3 Å². The topological polar surface area (TPSA) is 139 Å². The van der Waals surface area contributed by atoms with Gasteiger partial charge in [0.05, 0.1) is 4.90 Å². The Bertz CT molecular complexity index is 1330. The van der Waals surface area contributed by atoms with Crippen LogP contribution in [-0.4, -0.2) is 61.2 Å². The van der Waals surface area contributed by atoms with Gasteiger partial charge in [-0.1, -0.05) is 18.6 Å². The van der Waals surface area contributed by atoms with E-state index in [2.05, 4.69) is 10.2 Å². The number of primary sulfonamides is 1. The molecule has 196 valence electrons. The summed E-state index contributed by atoms with van der Waals surface area (Å²) >= 11 is 0. The van der Waals surface area contributed by atoms with E-state index >= 15 is 0 Å². The van der Waals surface area contributed by atoms with Crippen molar-refractivity contribution in [3.63, 3.8) is 0 Å². The number of rotatable bonds is 7. The summed E-state index contributed by atoms with van der Waals surface area (Å²) in [4.78, 5) is 40.6. The van der Waals surface area contributed by atoms with Crippen molar-refractivity contribution in [2.45, 2.75) is 62.2 Å². The molecule has 37 heavy (non-hydrogen) atoms. The Morgan fingerprint density at radius 3 is 2.54 bits per heavy atom. The molecule has 0 aliphatic carbocycles. The highest BCUT2D eigenvalue weighted by atomic mass is 32.2. The van der Waals surface area contributed by atoms with Gasteiger partial charge in [-0.05, 0) is 67.3 Å². The maximum absolute atomic E-state index is 12.9. The summed E-state index contributed by atoms with van der Waals surface area (Å²) in [5.74, 6) is -0.272. The van der Waals surface area contributed by atoms with E-state index in [0.29, 0.717) is 37.4 Å². The number of nitrogens with two attached hydrogens (primary N) is 1. The molecule has 5 rings (SSSR count). The second-order valence-corrected chi connectivity index (χ2v) is 11.4. The molecule has 3 aliphatic heterocycles. The molecule has 3 aliphatic rings. The molecular weight excluding hydrogens is 496 g/mol. The molecule has 2 fully saturated rings. The molecular formula is C26H30N4O6S. The van der Waals surface area contributed by atoms with Crippen molar-refractivity contribution >= 4 is 27.7 Å². The minimum absolute atomic E-state index is 0.0982. The average molecular weight is 527 g/mol. The van der Waals surface area contributed by atoms with Crippen LogP contribution in [0.3, 0.4) is 0 Å². The molecule has 1 unspecified atom stereocenters. The average Bonchev–Trinajstić information content (AvgIpc) is 3.18. The first kappa shape index (κ1) is 25.4. The van der Waals surface area contributed by atoms with Crippen molar-refractivity contribution in [3.05, 3.63) is 59.2 Å². The molecule has 0 saturated carbocycles. The van der Waals surface area contributed by atoms with Crippen LogP contribution in [0.4, 0.5) is 0 Å². The van der Waals surface area contributed by atoms with Crippen molar-refractivity contribution in [2.75, 3.05) is 13.2 Å². The molecule has 0 bridgehead atoms. The Hall–Kier alpha value is -3.28. The quantitative estimate of drug-likeness (QED) is 0.522. The van der Waals surface area contributed by atoms with Gasteiger partial charge in [0.15, 0.2) is 0 Å². The predicted molar refractivity (Wildman–Crippen MR) is 134 cm³/mol. The summed E-state index contributed by atoms with van der Waals surface area (Å²) in [5, 5.41) is 7.52. The van der Waals surface area contributed by atoms with Crippen molar-refractivity contribution in [3.8, 4) is 5.75 Å². The van der Waals surface area contributed by atoms with Crippen LogP contribution in [0, 0.1) is 0 Å². The summed E-state index contributed by atoms with van der Waals surface area (Å²) in [6.07, 6.45) is 3.73. The smallest absolute Gasteiger partial charge is 0.255 e. The van der Waals surface area contributed by atoms with Crippen LogP contribution in [0.1, 0.15) is 53.6 Å². The van der Waals surface area contributed by atoms with E-state index < -0.39 is 22.0 Å². The molecule has 10 nitrogen and oxygen atoms in total. The molecule has 0 radical (unpaired) electrons. The highest BCUT2D eigenvalue weighted by Crippen LogP contribution is 2.30. The van der Waals surface area contributed by atoms with Crippen molar-refractivity contribution in [1.82, 2.24) is 15.1 Å². The Balaban J connectivity index is 1.22. The predicted octanol–water partition coefficient (Wildman–Crippen LogP) is 1.53. The summed E-state index contributed by atoms with van der Waals surface area (Å²) in [5.41, 5.74) is 2.37. The molecule has 2 saturated heterocycles. The third-order valence-electron chi connectivity index (χ3n) is 7.32. The zero-order valence-electron chi connectivity index (χ0n) is 20.4. The Kier molecular flexibility index (Phi) is 7.02. The number of carbonyl (C=O) groups excluding carboxylic acids is 3. The van der Waals surface area contributed by atoms with Crippen molar-refractivity contribution in [2.24, 2.45) is 5.14 Å². The van der Waals surface area contributed by atoms with Gasteiger partial charge >= 0.3 is 0 Å². The van der Waals surface area contributed by atoms with Gasteiger partial charge in [-0.15, -0.1) is 0 Å². The molecule has 11 heteroatoms. The zero-order chi connectivity index (χ0) is 26.2. The van der Waals surface area contributed by atoms with Gasteiger partial charge in [-0.25, -0.2) is 13.6 Å². The number of hydrogen-bond acceptors (Lipinski definition) is 7. The van der Waals surface area contributed by atoms with Gasteiger partial charge in [0.2, 0.25) is 21.8 Å². The Morgan fingerprint density at radius 1 is 1.03 bits per heavy atom. The van der Waals surface area contributed by atoms with Crippen LogP contribution in [0.5, 0.6) is 5.75 Å². The SMILES string of the molecule is NS(=O)(=O)c1ccc(CN2CCCC[C@@H]2COc2ccc3c(c2)CN(C2CCC(=O)NC2=O)C3=O)cc1. The summed E-state index contributed by atoms with van der Waals surface area (Å²) in [6.45, 7) is 2.39. The number of likely N-dealkylation sites (tertiary alicyclic amines) is 1. The molecule has 3 amide bonds. The first-order valence-corrected chi connectivity index (χ1v) is 14.0. The van der Waals surface area contributed by atoms with E-state index in [1.165, 1.54) is 17.0 Å². The maximum atomic E-state index is 12.9. The standard InChI is InChI=1S/C26H30N4O6S/c27-37(34,35)21-7-4-17(5-8-21)14-29-12-2-1-3-19(29)16-36-20-6-9-22-18(13-20)15-30(26(22)33)23-10-11-24(31)28-25(23)32/h4-9,13,19,23H,1-3,10-12,14-16H2,(H2,27,34,35)(H,28,31,32)/t19-,23?/m1/s1. The number of carbonyl (C=O) groups is 3. The number of fused-ring (bicyclic) bond motifs is 1. The van der Waals surface area contributed by atoms with Crippen molar-refractivity contribution in [1.29, 1.82) is 0 Å². The van der Waals surface area contributed by atoms with Gasteiger partial charge in [-0.3, -0.25) is 24.6 Å². The lowest BCUT2D eigenvalue weighted by Crippen LogP contribution is -2.52. The fourth-order valence-corrected chi connectivity index (χ4v) is 5.82. The third-order valence-corrected chi connectivity index (χ3v) is 8.25. The lowest BCUT2D eigenvalue weighted by molar-refractivity contribution is -0.136. The van der Waals surface area contributed by atoms with Gasteiger partial charge in [0.25, 0.3) is 5.91 Å². The van der Waals surface area contributed by atoms with Crippen molar-refractivity contribution < 1.29 is 27.5 Å². The monoisotopic (exact) mass is 526 g/mol. The van der Waals surface area contributed by atoms with E-state index in [0.717, 1.165) is 36.9 Å². The van der Waals surface area contributed by atoms with Crippen LogP contribution in [-0.2, 0) is 32.7 Å². The van der Waals surface area contributed by atoms with Gasteiger partial charge in [-0.2, -0.15) is 0 Å². The largest absolute Gasteiger partial charge is 0.492 e. The lowest BCUT2D eigenvalue weighted by Gasteiger charge is -2.35. The van der Waals surface area contributed by atoms with E-state index in [4.69, 9.17) is 9.88 Å². The van der Waals surface area contributed by atoms with Crippen LogP contribution in [0.15, 0.2) is 47.4 Å². The molecule has 0 spiro atoms. The second-order valence-electron chi connectivity index (χ2n) is 9.84. The minimum atomic E-state index is -3.72. The number of nitrogens with one attached hydrogen (secondary N) is 1. The Labute approximate surface area is 215 Å². The van der Waals surface area contributed by atoms with Gasteiger partial charge in [0.1, 0.15) is 18.4 Å². The van der Waals surface area contributed by atoms with E-state index in [-0.39, 0.29) is 29.2 Å². The van der Waals surface area contributed by atoms with E-state index in [1.807, 2.05) is 6.07 Å². The van der Waals surface area contributed by atoms with Gasteiger partial charge in [0, 0.05) is 31.1 Å². The number of benzene rings is 2. The molecule has 0 aromatic heterocycles. The lowest BCUT2D eigenvalue weighted by atomic mass is 10.0. The summed E-state index contributed by atoms with van der Waals surface area (Å²) in [7, 11) is -3.72. The number of nitrogens with zero attached hydrogens (tertiary/aromatic N) is 2. The van der Waals surface area contributed by atoms with Crippen LogP contribution < -0.4 is 15.2 Å². The van der Waals surface area contributed by atoms with Crippen LogP contribution in [0.2, 0.25) is 0 Å². The highest BCUT2D eigenvalue weighted by molar-refractivity contribution is 7.89. The normalized spacial score (nSPS) is 22.6. The Morgan fingerprint density at radius 2 is 1.81 bits per heavy atom. The minimum Gasteiger partial charge on any atom is -0.492 e. The molecule has 3 heterocycles. The second kappa shape index (κ2) is 10.2. The molecule has 2 atom stereocenters. The number of hydrogen-bond donors (Lipinski definition) is 2. The zero-order valence-corrected chi connectivity index (χ0v) is 21.2. The molecule has 2 aromatic carbocycles. The first-order chi connectivity index (χ1) is 17.7. The molecule has 2 aromatic rings. The highest BCUT2D eigenvalue weighted by Gasteiger charge is 2.39. The van der Waals surface area contributed by atoms with E-state index in [9.17, 15) is 22.8 Å². The number of imide groups is 1. The van der Waals surface area contributed by atoms with Crippen LogP contribution in [0.25, 0.3) is 0 Å². The fraction of sp³-hybridized carbons (Fsp3) is 0.423. The maximum Gasteiger partial charge on any atom is 0.255 e. The number of ether oxygens (including phenoxy) is 1.